The number of benzene rings is 1. The SMILES string of the molecule is NCC#Cc1ccc(C(=O)N2CCCOCC2)cc1Cl. The van der Waals surface area contributed by atoms with Gasteiger partial charge in [-0.1, -0.05) is 23.4 Å². The molecule has 0 aromatic heterocycles. The van der Waals surface area contributed by atoms with Gasteiger partial charge in [0.2, 0.25) is 0 Å². The van der Waals surface area contributed by atoms with Crippen molar-refractivity contribution in [2.45, 2.75) is 6.42 Å². The Morgan fingerprint density at radius 3 is 3.00 bits per heavy atom. The molecule has 1 saturated heterocycles. The van der Waals surface area contributed by atoms with E-state index < -0.39 is 0 Å². The lowest BCUT2D eigenvalue weighted by Crippen LogP contribution is -2.33. The summed E-state index contributed by atoms with van der Waals surface area (Å²) >= 11 is 6.14. The molecule has 2 N–H and O–H groups in total. The van der Waals surface area contributed by atoms with E-state index in [4.69, 9.17) is 22.1 Å². The maximum absolute atomic E-state index is 12.4. The molecule has 2 rings (SSSR count). The predicted molar refractivity (Wildman–Crippen MR) is 78.7 cm³/mol. The molecule has 1 aromatic carbocycles. The highest BCUT2D eigenvalue weighted by Gasteiger charge is 2.18. The molecular formula is C15H17ClN2O2. The lowest BCUT2D eigenvalue weighted by molar-refractivity contribution is 0.0741. The van der Waals surface area contributed by atoms with Gasteiger partial charge in [-0.3, -0.25) is 4.79 Å². The summed E-state index contributed by atoms with van der Waals surface area (Å²) in [5.74, 6) is 5.61. The topological polar surface area (TPSA) is 55.6 Å². The van der Waals surface area contributed by atoms with Gasteiger partial charge >= 0.3 is 0 Å². The molecule has 5 heteroatoms. The molecular weight excluding hydrogens is 276 g/mol. The molecule has 0 radical (unpaired) electrons. The van der Waals surface area contributed by atoms with Crippen LogP contribution in [0, 0.1) is 11.8 Å². The summed E-state index contributed by atoms with van der Waals surface area (Å²) < 4.78 is 5.35. The molecule has 1 fully saturated rings. The van der Waals surface area contributed by atoms with Crippen LogP contribution in [0.2, 0.25) is 5.02 Å². The highest BCUT2D eigenvalue weighted by Crippen LogP contribution is 2.18. The molecule has 0 spiro atoms. The van der Waals surface area contributed by atoms with Gasteiger partial charge in [-0.25, -0.2) is 0 Å². The molecule has 1 heterocycles. The Hall–Kier alpha value is -1.54. The number of nitrogens with two attached hydrogens (primary N) is 1. The third-order valence-electron chi connectivity index (χ3n) is 3.05. The number of carbonyl (C=O) groups excluding carboxylic acids is 1. The number of carbonyl (C=O) groups is 1. The van der Waals surface area contributed by atoms with Crippen LogP contribution in [0.15, 0.2) is 18.2 Å². The fourth-order valence-corrected chi connectivity index (χ4v) is 2.26. The molecule has 1 aliphatic rings. The summed E-state index contributed by atoms with van der Waals surface area (Å²) in [6.07, 6.45) is 0.861. The van der Waals surface area contributed by atoms with E-state index in [0.29, 0.717) is 42.5 Å². The zero-order valence-corrected chi connectivity index (χ0v) is 11.9. The number of rotatable bonds is 1. The van der Waals surface area contributed by atoms with Crippen molar-refractivity contribution in [3.8, 4) is 11.8 Å². The van der Waals surface area contributed by atoms with E-state index in [0.717, 1.165) is 6.42 Å². The first-order valence-electron chi connectivity index (χ1n) is 6.58. The van der Waals surface area contributed by atoms with Crippen LogP contribution in [0.25, 0.3) is 0 Å². The second-order valence-electron chi connectivity index (χ2n) is 4.46. The summed E-state index contributed by atoms with van der Waals surface area (Å²) in [6.45, 7) is 2.90. The molecule has 0 unspecified atom stereocenters. The van der Waals surface area contributed by atoms with E-state index >= 15 is 0 Å². The maximum Gasteiger partial charge on any atom is 0.253 e. The van der Waals surface area contributed by atoms with E-state index in [-0.39, 0.29) is 12.5 Å². The standard InChI is InChI=1S/C15H17ClN2O2/c16-14-11-13(5-4-12(14)3-1-6-17)15(19)18-7-2-9-20-10-8-18/h4-5,11H,2,6-10,17H2. The quantitative estimate of drug-likeness (QED) is 0.798. The second kappa shape index (κ2) is 7.30. The van der Waals surface area contributed by atoms with E-state index in [1.165, 1.54) is 0 Å². The molecule has 0 bridgehead atoms. The Labute approximate surface area is 123 Å². The number of ether oxygens (including phenoxy) is 1. The molecule has 1 aliphatic heterocycles. The van der Waals surface area contributed by atoms with Crippen LogP contribution < -0.4 is 5.73 Å². The lowest BCUT2D eigenvalue weighted by Gasteiger charge is -2.19. The minimum atomic E-state index is -0.0178. The van der Waals surface area contributed by atoms with Gasteiger partial charge in [0.15, 0.2) is 0 Å². The smallest absolute Gasteiger partial charge is 0.253 e. The zero-order chi connectivity index (χ0) is 14.4. The average Bonchev–Trinajstić information content (AvgIpc) is 2.74. The molecule has 0 aliphatic carbocycles. The molecule has 1 aromatic rings. The van der Waals surface area contributed by atoms with E-state index in [1.54, 1.807) is 23.1 Å². The van der Waals surface area contributed by atoms with Crippen LogP contribution >= 0.6 is 11.6 Å². The Bertz CT molecular complexity index is 541. The van der Waals surface area contributed by atoms with Crippen molar-refractivity contribution in [2.75, 3.05) is 32.8 Å². The average molecular weight is 293 g/mol. The van der Waals surface area contributed by atoms with Crippen LogP contribution in [-0.2, 0) is 4.74 Å². The first kappa shape index (κ1) is 14.9. The largest absolute Gasteiger partial charge is 0.380 e. The highest BCUT2D eigenvalue weighted by atomic mass is 35.5. The molecule has 0 saturated carbocycles. The van der Waals surface area contributed by atoms with Crippen molar-refractivity contribution in [2.24, 2.45) is 5.73 Å². The van der Waals surface area contributed by atoms with Crippen molar-refractivity contribution in [3.63, 3.8) is 0 Å². The Morgan fingerprint density at radius 1 is 1.40 bits per heavy atom. The first-order valence-corrected chi connectivity index (χ1v) is 6.95. The molecule has 1 amide bonds. The fourth-order valence-electron chi connectivity index (χ4n) is 2.03. The number of amides is 1. The van der Waals surface area contributed by atoms with Crippen molar-refractivity contribution in [1.82, 2.24) is 4.90 Å². The van der Waals surface area contributed by atoms with Crippen molar-refractivity contribution < 1.29 is 9.53 Å². The van der Waals surface area contributed by atoms with Gasteiger partial charge in [-0.05, 0) is 24.6 Å². The van der Waals surface area contributed by atoms with Gasteiger partial charge < -0.3 is 15.4 Å². The summed E-state index contributed by atoms with van der Waals surface area (Å²) in [6, 6.07) is 5.17. The maximum atomic E-state index is 12.4. The van der Waals surface area contributed by atoms with Crippen LogP contribution in [0.4, 0.5) is 0 Å². The summed E-state index contributed by atoms with van der Waals surface area (Å²) in [7, 11) is 0. The highest BCUT2D eigenvalue weighted by molar-refractivity contribution is 6.32. The Balaban J connectivity index is 2.15. The van der Waals surface area contributed by atoms with Gasteiger partial charge in [0.25, 0.3) is 5.91 Å². The van der Waals surface area contributed by atoms with Crippen LogP contribution in [0.5, 0.6) is 0 Å². The monoisotopic (exact) mass is 292 g/mol. The van der Waals surface area contributed by atoms with Gasteiger partial charge in [-0.15, -0.1) is 0 Å². The lowest BCUT2D eigenvalue weighted by atomic mass is 10.1. The molecule has 20 heavy (non-hydrogen) atoms. The van der Waals surface area contributed by atoms with Crippen molar-refractivity contribution >= 4 is 17.5 Å². The van der Waals surface area contributed by atoms with Crippen LogP contribution in [0.1, 0.15) is 22.3 Å². The van der Waals surface area contributed by atoms with E-state index in [1.807, 2.05) is 0 Å². The van der Waals surface area contributed by atoms with Crippen LogP contribution in [0.3, 0.4) is 0 Å². The fraction of sp³-hybridized carbons (Fsp3) is 0.400. The van der Waals surface area contributed by atoms with Gasteiger partial charge in [0.05, 0.1) is 18.2 Å². The number of hydrogen-bond acceptors (Lipinski definition) is 3. The van der Waals surface area contributed by atoms with Crippen molar-refractivity contribution in [1.29, 1.82) is 0 Å². The van der Waals surface area contributed by atoms with E-state index in [9.17, 15) is 4.79 Å². The third-order valence-corrected chi connectivity index (χ3v) is 3.36. The number of hydrogen-bond donors (Lipinski definition) is 1. The normalized spacial score (nSPS) is 15.2. The van der Waals surface area contributed by atoms with Gasteiger partial charge in [0.1, 0.15) is 0 Å². The first-order chi connectivity index (χ1) is 9.72. The van der Waals surface area contributed by atoms with E-state index in [2.05, 4.69) is 11.8 Å². The summed E-state index contributed by atoms with van der Waals surface area (Å²) in [5, 5.41) is 0.475. The second-order valence-corrected chi connectivity index (χ2v) is 4.87. The Kier molecular flexibility index (Phi) is 5.42. The number of halogens is 1. The predicted octanol–water partition coefficient (Wildman–Crippen LogP) is 1.51. The zero-order valence-electron chi connectivity index (χ0n) is 11.2. The molecule has 4 nitrogen and oxygen atoms in total. The summed E-state index contributed by atoms with van der Waals surface area (Å²) in [4.78, 5) is 14.2. The number of nitrogens with zero attached hydrogens (tertiary/aromatic N) is 1. The third kappa shape index (κ3) is 3.73. The Morgan fingerprint density at radius 2 is 2.25 bits per heavy atom. The summed E-state index contributed by atoms with van der Waals surface area (Å²) in [5.41, 5.74) is 6.59. The van der Waals surface area contributed by atoms with Gasteiger partial charge in [-0.2, -0.15) is 0 Å². The minimum absolute atomic E-state index is 0.0178. The van der Waals surface area contributed by atoms with Crippen molar-refractivity contribution in [3.05, 3.63) is 34.3 Å². The molecule has 0 atom stereocenters. The molecule has 106 valence electrons. The minimum Gasteiger partial charge on any atom is -0.380 e. The van der Waals surface area contributed by atoms with Crippen LogP contribution in [-0.4, -0.2) is 43.7 Å². The van der Waals surface area contributed by atoms with Gasteiger partial charge in [0, 0.05) is 30.8 Å².